The Morgan fingerprint density at radius 3 is 2.28 bits per heavy atom. The summed E-state index contributed by atoms with van der Waals surface area (Å²) in [5.74, 6) is 1.27. The van der Waals surface area contributed by atoms with Gasteiger partial charge in [-0.25, -0.2) is 4.68 Å². The van der Waals surface area contributed by atoms with Gasteiger partial charge in [0.2, 0.25) is 5.95 Å². The average Bonchev–Trinajstić information content (AvgIpc) is 3.33. The summed E-state index contributed by atoms with van der Waals surface area (Å²) in [5, 5.41) is 4.51. The minimum atomic E-state index is -0.172. The second kappa shape index (κ2) is 8.30. The van der Waals surface area contributed by atoms with Crippen LogP contribution in [0.2, 0.25) is 0 Å². The lowest BCUT2D eigenvalue weighted by Gasteiger charge is -2.39. The van der Waals surface area contributed by atoms with Gasteiger partial charge in [-0.2, -0.15) is 10.1 Å². The van der Waals surface area contributed by atoms with Gasteiger partial charge in [0.25, 0.3) is 5.91 Å². The van der Waals surface area contributed by atoms with E-state index in [1.807, 2.05) is 66.2 Å². The zero-order chi connectivity index (χ0) is 22.1. The van der Waals surface area contributed by atoms with Crippen LogP contribution in [0.25, 0.3) is 0 Å². The normalized spacial score (nSPS) is 17.6. The van der Waals surface area contributed by atoms with Gasteiger partial charge in [-0.3, -0.25) is 9.69 Å². The number of hydrogen-bond donors (Lipinski definition) is 0. The largest absolute Gasteiger partial charge is 0.497 e. The first kappa shape index (κ1) is 20.0. The predicted octanol–water partition coefficient (Wildman–Crippen LogP) is 4.98. The Bertz CT molecular complexity index is 1220. The van der Waals surface area contributed by atoms with Gasteiger partial charge in [0, 0.05) is 5.56 Å². The highest BCUT2D eigenvalue weighted by Gasteiger charge is 2.39. The van der Waals surface area contributed by atoms with Crippen molar-refractivity contribution in [3.8, 4) is 5.75 Å². The fourth-order valence-corrected chi connectivity index (χ4v) is 4.32. The first-order chi connectivity index (χ1) is 15.7. The number of carbonyl (C=O) groups is 1. The molecule has 0 spiro atoms. The molecule has 6 nitrogen and oxygen atoms in total. The fraction of sp³-hybridized carbons (Fsp3) is 0.192. The Labute approximate surface area is 187 Å². The van der Waals surface area contributed by atoms with Crippen LogP contribution in [-0.4, -0.2) is 27.8 Å². The van der Waals surface area contributed by atoms with E-state index in [1.54, 1.807) is 12.0 Å². The topological polar surface area (TPSA) is 60.2 Å². The van der Waals surface area contributed by atoms with Gasteiger partial charge >= 0.3 is 0 Å². The molecule has 2 heterocycles. The Balaban J connectivity index is 1.62. The maximum Gasteiger partial charge on any atom is 0.261 e. The van der Waals surface area contributed by atoms with Crippen LogP contribution in [0, 0.1) is 6.92 Å². The van der Waals surface area contributed by atoms with Crippen molar-refractivity contribution in [1.29, 1.82) is 0 Å². The summed E-state index contributed by atoms with van der Waals surface area (Å²) < 4.78 is 7.17. The zero-order valence-electron chi connectivity index (χ0n) is 18.1. The van der Waals surface area contributed by atoms with Crippen molar-refractivity contribution in [2.75, 3.05) is 12.0 Å². The minimum Gasteiger partial charge on any atom is -0.497 e. The van der Waals surface area contributed by atoms with Crippen molar-refractivity contribution in [2.24, 2.45) is 0 Å². The molecule has 160 valence electrons. The van der Waals surface area contributed by atoms with E-state index in [0.717, 1.165) is 22.4 Å². The quantitative estimate of drug-likeness (QED) is 0.464. The van der Waals surface area contributed by atoms with Crippen LogP contribution in [-0.2, 0) is 0 Å². The third kappa shape index (κ3) is 3.54. The molecule has 0 unspecified atom stereocenters. The SMILES string of the molecule is COc1ccc([C@@H]2C[C@H](c3ccccc3)N(C(=O)c3ccc(C)cc3)c3ncnn32)cc1. The van der Waals surface area contributed by atoms with Crippen molar-refractivity contribution in [3.63, 3.8) is 0 Å². The van der Waals surface area contributed by atoms with Gasteiger partial charge in [0.15, 0.2) is 0 Å². The third-order valence-electron chi connectivity index (χ3n) is 6.03. The molecule has 0 saturated carbocycles. The number of benzene rings is 3. The number of anilines is 1. The molecule has 1 aliphatic rings. The molecule has 32 heavy (non-hydrogen) atoms. The Kier molecular flexibility index (Phi) is 5.19. The van der Waals surface area contributed by atoms with Crippen molar-refractivity contribution in [2.45, 2.75) is 25.4 Å². The molecule has 5 rings (SSSR count). The number of carbonyl (C=O) groups excluding carboxylic acids is 1. The second-order valence-corrected chi connectivity index (χ2v) is 8.00. The highest BCUT2D eigenvalue weighted by molar-refractivity contribution is 6.05. The van der Waals surface area contributed by atoms with Crippen molar-refractivity contribution < 1.29 is 9.53 Å². The van der Waals surface area contributed by atoms with Gasteiger partial charge < -0.3 is 4.74 Å². The molecule has 1 aliphatic heterocycles. The molecule has 1 amide bonds. The summed E-state index contributed by atoms with van der Waals surface area (Å²) >= 11 is 0. The molecule has 0 aliphatic carbocycles. The zero-order valence-corrected chi connectivity index (χ0v) is 18.1. The number of rotatable bonds is 4. The maximum atomic E-state index is 13.7. The van der Waals surface area contributed by atoms with Gasteiger partial charge in [-0.15, -0.1) is 0 Å². The third-order valence-corrected chi connectivity index (χ3v) is 6.03. The molecule has 3 aromatic carbocycles. The summed E-state index contributed by atoms with van der Waals surface area (Å²) in [6, 6.07) is 25.6. The second-order valence-electron chi connectivity index (χ2n) is 8.00. The fourth-order valence-electron chi connectivity index (χ4n) is 4.32. The highest BCUT2D eigenvalue weighted by Crippen LogP contribution is 2.42. The highest BCUT2D eigenvalue weighted by atomic mass is 16.5. The van der Waals surface area contributed by atoms with E-state index in [4.69, 9.17) is 4.74 Å². The van der Waals surface area contributed by atoms with E-state index in [1.165, 1.54) is 6.33 Å². The summed E-state index contributed by atoms with van der Waals surface area (Å²) in [4.78, 5) is 20.0. The van der Waals surface area contributed by atoms with Crippen molar-refractivity contribution in [1.82, 2.24) is 14.8 Å². The Morgan fingerprint density at radius 2 is 1.59 bits per heavy atom. The van der Waals surface area contributed by atoms with E-state index in [-0.39, 0.29) is 18.0 Å². The Hall–Kier alpha value is -3.93. The van der Waals surface area contributed by atoms with Gasteiger partial charge in [-0.05, 0) is 48.7 Å². The lowest BCUT2D eigenvalue weighted by molar-refractivity contribution is 0.0963. The van der Waals surface area contributed by atoms with Crippen molar-refractivity contribution >= 4 is 11.9 Å². The van der Waals surface area contributed by atoms with E-state index in [2.05, 4.69) is 34.3 Å². The predicted molar refractivity (Wildman–Crippen MR) is 123 cm³/mol. The van der Waals surface area contributed by atoms with Crippen LogP contribution in [0.5, 0.6) is 5.75 Å². The molecule has 0 N–H and O–H groups in total. The van der Waals surface area contributed by atoms with Gasteiger partial charge in [0.05, 0.1) is 19.2 Å². The number of nitrogens with zero attached hydrogens (tertiary/aromatic N) is 4. The molecule has 0 bridgehead atoms. The average molecular weight is 425 g/mol. The first-order valence-corrected chi connectivity index (χ1v) is 10.6. The molecular weight excluding hydrogens is 400 g/mol. The summed E-state index contributed by atoms with van der Waals surface area (Å²) in [6.45, 7) is 2.01. The smallest absolute Gasteiger partial charge is 0.261 e. The van der Waals surface area contributed by atoms with Gasteiger partial charge in [0.1, 0.15) is 12.1 Å². The van der Waals surface area contributed by atoms with Crippen LogP contribution in [0.1, 0.15) is 45.6 Å². The molecule has 0 radical (unpaired) electrons. The number of amides is 1. The number of methoxy groups -OCH3 is 1. The molecule has 2 atom stereocenters. The summed E-state index contributed by atoms with van der Waals surface area (Å²) in [6.07, 6.45) is 2.21. The molecule has 0 fully saturated rings. The standard InChI is InChI=1S/C26H24N4O2/c1-18-8-10-21(11-9-18)25(31)29-23(19-6-4-3-5-7-19)16-24(30-26(29)27-17-28-30)20-12-14-22(32-2)15-13-20/h3-15,17,23-24H,16H2,1-2H3/t23-,24+/m1/s1. The number of hydrogen-bond acceptors (Lipinski definition) is 4. The Morgan fingerprint density at radius 1 is 0.906 bits per heavy atom. The van der Waals surface area contributed by atoms with E-state index in [9.17, 15) is 4.79 Å². The molecular formula is C26H24N4O2. The minimum absolute atomic E-state index is 0.0503. The van der Waals surface area contributed by atoms with Crippen LogP contribution >= 0.6 is 0 Å². The molecule has 0 saturated heterocycles. The van der Waals surface area contributed by atoms with E-state index >= 15 is 0 Å². The van der Waals surface area contributed by atoms with Crippen LogP contribution in [0.4, 0.5) is 5.95 Å². The number of fused-ring (bicyclic) bond motifs is 1. The molecule has 4 aromatic rings. The lowest BCUT2D eigenvalue weighted by Crippen LogP contribution is -2.42. The van der Waals surface area contributed by atoms with E-state index < -0.39 is 0 Å². The van der Waals surface area contributed by atoms with Crippen LogP contribution in [0.15, 0.2) is 85.2 Å². The maximum absolute atomic E-state index is 13.7. The molecule has 6 heteroatoms. The van der Waals surface area contributed by atoms with Crippen molar-refractivity contribution in [3.05, 3.63) is 107 Å². The monoisotopic (exact) mass is 424 g/mol. The summed E-state index contributed by atoms with van der Waals surface area (Å²) in [5.41, 5.74) is 3.91. The van der Waals surface area contributed by atoms with Gasteiger partial charge in [-0.1, -0.05) is 60.2 Å². The lowest BCUT2D eigenvalue weighted by atomic mass is 9.91. The van der Waals surface area contributed by atoms with E-state index in [0.29, 0.717) is 17.9 Å². The van der Waals surface area contributed by atoms with Crippen LogP contribution < -0.4 is 9.64 Å². The molecule has 1 aromatic heterocycles. The summed E-state index contributed by atoms with van der Waals surface area (Å²) in [7, 11) is 1.66. The number of ether oxygens (including phenoxy) is 1. The number of aryl methyl sites for hydroxylation is 1. The first-order valence-electron chi connectivity index (χ1n) is 10.6. The van der Waals surface area contributed by atoms with Crippen LogP contribution in [0.3, 0.4) is 0 Å². The number of aromatic nitrogens is 3.